The number of phosphoric acid groups is 3. The van der Waals surface area contributed by atoms with E-state index in [1.165, 1.54) is 6.33 Å². The van der Waals surface area contributed by atoms with E-state index in [9.17, 15) is 18.6 Å². The number of nitrogen functional groups attached to an aromatic ring is 1. The standard InChI is InChI=1S/C12H19N4O11P3/c1-12(10-3-2-9-11(13)14-7-15-16(9)10)4-8(24-6-12)5-25-29(20,21)27-30(22,23)26-28(17,18)19/h2-3,7-8H,4-6H2,1H3,(H,20,21)(H,22,23)(H2,13,14,15)(H2,17,18,19). The average molecular weight is 488 g/mol. The molecule has 1 fully saturated rings. The van der Waals surface area contributed by atoms with Crippen molar-refractivity contribution in [3.8, 4) is 0 Å². The van der Waals surface area contributed by atoms with Gasteiger partial charge in [0.2, 0.25) is 0 Å². The maximum atomic E-state index is 11.8. The molecule has 0 amide bonds. The van der Waals surface area contributed by atoms with Crippen molar-refractivity contribution < 1.29 is 51.2 Å². The minimum absolute atomic E-state index is 0.202. The van der Waals surface area contributed by atoms with E-state index in [2.05, 4.69) is 23.2 Å². The van der Waals surface area contributed by atoms with Crippen molar-refractivity contribution >= 4 is 34.8 Å². The summed E-state index contributed by atoms with van der Waals surface area (Å²) in [6.07, 6.45) is 0.918. The highest BCUT2D eigenvalue weighted by Gasteiger charge is 2.43. The molecule has 4 unspecified atom stereocenters. The van der Waals surface area contributed by atoms with Gasteiger partial charge in [-0.05, 0) is 18.6 Å². The van der Waals surface area contributed by atoms with Gasteiger partial charge in [-0.15, -0.1) is 0 Å². The highest BCUT2D eigenvalue weighted by Crippen LogP contribution is 2.66. The smallest absolute Gasteiger partial charge is 0.382 e. The molecule has 15 nitrogen and oxygen atoms in total. The van der Waals surface area contributed by atoms with Gasteiger partial charge in [0.05, 0.1) is 25.0 Å². The van der Waals surface area contributed by atoms with Gasteiger partial charge in [-0.2, -0.15) is 13.7 Å². The van der Waals surface area contributed by atoms with Crippen LogP contribution in [0.25, 0.3) is 5.52 Å². The van der Waals surface area contributed by atoms with Gasteiger partial charge < -0.3 is 30.0 Å². The molecule has 0 bridgehead atoms. The Bertz CT molecular complexity index is 1090. The first-order valence-electron chi connectivity index (χ1n) is 8.18. The number of rotatable bonds is 8. The van der Waals surface area contributed by atoms with Gasteiger partial charge in [0.25, 0.3) is 0 Å². The maximum absolute atomic E-state index is 11.8. The number of hydrogen-bond acceptors (Lipinski definition) is 10. The van der Waals surface area contributed by atoms with Gasteiger partial charge >= 0.3 is 23.5 Å². The minimum Gasteiger partial charge on any atom is -0.382 e. The average Bonchev–Trinajstić information content (AvgIpc) is 3.15. The third kappa shape index (κ3) is 5.52. The lowest BCUT2D eigenvalue weighted by Gasteiger charge is -2.22. The van der Waals surface area contributed by atoms with Crippen LogP contribution in [0.4, 0.5) is 5.82 Å². The quantitative estimate of drug-likeness (QED) is 0.323. The Morgan fingerprint density at radius 2 is 1.93 bits per heavy atom. The first kappa shape index (κ1) is 23.5. The monoisotopic (exact) mass is 488 g/mol. The van der Waals surface area contributed by atoms with Crippen LogP contribution in [0.1, 0.15) is 19.0 Å². The Morgan fingerprint density at radius 1 is 1.23 bits per heavy atom. The Balaban J connectivity index is 1.64. The number of nitrogens with zero attached hydrogens (tertiary/aromatic N) is 3. The molecule has 0 spiro atoms. The van der Waals surface area contributed by atoms with Crippen molar-refractivity contribution in [2.45, 2.75) is 24.9 Å². The predicted molar refractivity (Wildman–Crippen MR) is 98.9 cm³/mol. The van der Waals surface area contributed by atoms with Gasteiger partial charge in [-0.3, -0.25) is 4.52 Å². The van der Waals surface area contributed by atoms with Gasteiger partial charge in [0.1, 0.15) is 11.8 Å². The fraction of sp³-hybridized carbons (Fsp3) is 0.500. The summed E-state index contributed by atoms with van der Waals surface area (Å²) in [5.41, 5.74) is 6.61. The fourth-order valence-corrected chi connectivity index (χ4v) is 6.15. The van der Waals surface area contributed by atoms with Crippen LogP contribution in [-0.4, -0.2) is 53.5 Å². The largest absolute Gasteiger partial charge is 0.490 e. The first-order chi connectivity index (χ1) is 13.7. The molecule has 18 heteroatoms. The molecule has 4 atom stereocenters. The minimum atomic E-state index is -5.57. The van der Waals surface area contributed by atoms with Crippen LogP contribution in [0.3, 0.4) is 0 Å². The number of anilines is 1. The summed E-state index contributed by atoms with van der Waals surface area (Å²) in [5, 5.41) is 4.17. The zero-order valence-electron chi connectivity index (χ0n) is 15.3. The molecule has 3 rings (SSSR count). The molecule has 0 aliphatic carbocycles. The summed E-state index contributed by atoms with van der Waals surface area (Å²) in [6.45, 7) is 1.56. The summed E-state index contributed by atoms with van der Waals surface area (Å²) in [5.74, 6) is 0.294. The van der Waals surface area contributed by atoms with Gasteiger partial charge in [0, 0.05) is 5.41 Å². The highest BCUT2D eigenvalue weighted by atomic mass is 31.3. The number of phosphoric ester groups is 1. The second-order valence-electron chi connectivity index (χ2n) is 6.75. The number of nitrogens with two attached hydrogens (primary N) is 1. The van der Waals surface area contributed by atoms with E-state index in [1.807, 2.05) is 6.92 Å². The molecule has 0 aromatic carbocycles. The lowest BCUT2D eigenvalue weighted by molar-refractivity contribution is 0.0520. The third-order valence-electron chi connectivity index (χ3n) is 4.26. The first-order valence-corrected chi connectivity index (χ1v) is 12.7. The second-order valence-corrected chi connectivity index (χ2v) is 11.2. The van der Waals surface area contributed by atoms with Crippen molar-refractivity contribution in [3.05, 3.63) is 24.2 Å². The molecule has 1 aliphatic heterocycles. The molecule has 1 aliphatic rings. The highest BCUT2D eigenvalue weighted by molar-refractivity contribution is 7.66. The van der Waals surface area contributed by atoms with Crippen molar-refractivity contribution in [1.82, 2.24) is 14.6 Å². The Hall–Kier alpha value is -1.21. The Labute approximate surface area is 169 Å². The van der Waals surface area contributed by atoms with E-state index in [0.29, 0.717) is 17.8 Å². The van der Waals surface area contributed by atoms with Crippen molar-refractivity contribution in [2.75, 3.05) is 18.9 Å². The molecule has 2 aromatic rings. The van der Waals surface area contributed by atoms with Gasteiger partial charge in [0.15, 0.2) is 5.82 Å². The summed E-state index contributed by atoms with van der Waals surface area (Å²) >= 11 is 0. The molecular formula is C12H19N4O11P3. The van der Waals surface area contributed by atoms with Gasteiger partial charge in [-0.25, -0.2) is 23.2 Å². The number of ether oxygens (including phenoxy) is 1. The molecule has 3 heterocycles. The Morgan fingerprint density at radius 3 is 2.60 bits per heavy atom. The number of hydrogen-bond donors (Lipinski definition) is 5. The molecular weight excluding hydrogens is 469 g/mol. The molecule has 0 saturated carbocycles. The van der Waals surface area contributed by atoms with Crippen LogP contribution in [0, 0.1) is 0 Å². The summed E-state index contributed by atoms with van der Waals surface area (Å²) in [4.78, 5) is 39.7. The maximum Gasteiger partial charge on any atom is 0.490 e. The number of aromatic nitrogens is 3. The van der Waals surface area contributed by atoms with E-state index in [0.717, 1.165) is 5.69 Å². The molecule has 1 saturated heterocycles. The molecule has 30 heavy (non-hydrogen) atoms. The van der Waals surface area contributed by atoms with Crippen LogP contribution >= 0.6 is 23.5 Å². The van der Waals surface area contributed by atoms with Crippen LogP contribution < -0.4 is 5.73 Å². The van der Waals surface area contributed by atoms with E-state index in [1.54, 1.807) is 16.6 Å². The molecule has 168 valence electrons. The number of fused-ring (bicyclic) bond motifs is 1. The summed E-state index contributed by atoms with van der Waals surface area (Å²) in [6, 6.07) is 3.55. The predicted octanol–water partition coefficient (Wildman–Crippen LogP) is 0.701. The second kappa shape index (κ2) is 8.05. The zero-order chi connectivity index (χ0) is 22.4. The van der Waals surface area contributed by atoms with Crippen molar-refractivity contribution in [1.29, 1.82) is 0 Å². The normalized spacial score (nSPS) is 26.5. The fourth-order valence-electron chi connectivity index (χ4n) is 3.10. The summed E-state index contributed by atoms with van der Waals surface area (Å²) < 4.78 is 53.0. The molecule has 2 aromatic heterocycles. The lowest BCUT2D eigenvalue weighted by atomic mass is 9.84. The van der Waals surface area contributed by atoms with E-state index in [-0.39, 0.29) is 6.61 Å². The zero-order valence-corrected chi connectivity index (χ0v) is 18.0. The van der Waals surface area contributed by atoms with Crippen molar-refractivity contribution in [3.63, 3.8) is 0 Å². The van der Waals surface area contributed by atoms with Crippen LogP contribution in [0.2, 0.25) is 0 Å². The summed E-state index contributed by atoms with van der Waals surface area (Å²) in [7, 11) is -16.2. The van der Waals surface area contributed by atoms with E-state index in [4.69, 9.17) is 25.2 Å². The molecule has 0 radical (unpaired) electrons. The lowest BCUT2D eigenvalue weighted by Crippen LogP contribution is -2.25. The molecule has 6 N–H and O–H groups in total. The van der Waals surface area contributed by atoms with Crippen LogP contribution in [0.5, 0.6) is 0 Å². The van der Waals surface area contributed by atoms with Crippen LogP contribution in [-0.2, 0) is 37.0 Å². The van der Waals surface area contributed by atoms with Gasteiger partial charge in [-0.1, -0.05) is 6.92 Å². The van der Waals surface area contributed by atoms with E-state index < -0.39 is 41.6 Å². The van der Waals surface area contributed by atoms with Crippen molar-refractivity contribution in [2.24, 2.45) is 0 Å². The SMILES string of the molecule is CC1(c2ccc3c(N)ncnn23)COC(COP(=O)(O)OP(=O)(O)OP(=O)(O)O)C1. The van der Waals surface area contributed by atoms with E-state index >= 15 is 0 Å². The third-order valence-corrected chi connectivity index (χ3v) is 8.06. The van der Waals surface area contributed by atoms with Crippen LogP contribution in [0.15, 0.2) is 18.5 Å². The topological polar surface area (TPSA) is 225 Å². The Kier molecular flexibility index (Phi) is 6.29.